The summed E-state index contributed by atoms with van der Waals surface area (Å²) in [7, 11) is 0. The van der Waals surface area contributed by atoms with Crippen LogP contribution in [-0.2, 0) is 6.61 Å². The van der Waals surface area contributed by atoms with Crippen LogP contribution in [0.2, 0.25) is 0 Å². The van der Waals surface area contributed by atoms with Crippen molar-refractivity contribution in [3.8, 4) is 5.75 Å². The fraction of sp³-hybridized carbons (Fsp3) is 0.143. The number of hydrogen-bond acceptors (Lipinski definition) is 1. The van der Waals surface area contributed by atoms with Gasteiger partial charge in [0.1, 0.15) is 6.61 Å². The Morgan fingerprint density at radius 2 is 1.94 bits per heavy atom. The molecule has 0 spiro atoms. The predicted molar refractivity (Wildman–Crippen MR) is 66.5 cm³/mol. The summed E-state index contributed by atoms with van der Waals surface area (Å²) in [5.41, 5.74) is 2.21. The second-order valence-corrected chi connectivity index (χ2v) is 3.57. The molecule has 0 N–H and O–H groups in total. The molecule has 0 bridgehead atoms. The average Bonchev–Trinajstić information content (AvgIpc) is 2.30. The summed E-state index contributed by atoms with van der Waals surface area (Å²) < 4.78 is 18.6. The number of halogens is 2. The molecule has 18 heavy (non-hydrogen) atoms. The third-order valence-electron chi connectivity index (χ3n) is 2.42. The molecule has 0 fully saturated rings. The second kappa shape index (κ2) is 8.51. The standard InChI is InChI=1S/C14H12FO.BrH.Mg/c1-11-6-2-3-7-12(11)10-16-14-9-5-4-8-13(14)15;;/h2-3,5-9H,10H2,1H3;1H;/q-1;;+2/p-1. The zero-order chi connectivity index (χ0) is 11.4. The smallest absolute Gasteiger partial charge is 1.00 e. The van der Waals surface area contributed by atoms with E-state index in [2.05, 4.69) is 6.07 Å². The largest absolute Gasteiger partial charge is 2.00 e. The predicted octanol–water partition coefficient (Wildman–Crippen LogP) is 0.137. The van der Waals surface area contributed by atoms with Crippen molar-refractivity contribution in [3.63, 3.8) is 0 Å². The maximum absolute atomic E-state index is 13.2. The summed E-state index contributed by atoms with van der Waals surface area (Å²) in [5.74, 6) is -0.113. The van der Waals surface area contributed by atoms with E-state index in [1.807, 2.05) is 31.2 Å². The first-order valence-corrected chi connectivity index (χ1v) is 5.10. The number of rotatable bonds is 3. The molecule has 90 valence electrons. The van der Waals surface area contributed by atoms with Crippen LogP contribution in [0, 0.1) is 18.8 Å². The van der Waals surface area contributed by atoms with Crippen LogP contribution in [0.25, 0.3) is 0 Å². The van der Waals surface area contributed by atoms with Crippen molar-refractivity contribution in [2.75, 3.05) is 0 Å². The van der Waals surface area contributed by atoms with Gasteiger partial charge in [0, 0.05) is 11.6 Å². The van der Waals surface area contributed by atoms with Crippen LogP contribution in [0.4, 0.5) is 4.39 Å². The summed E-state index contributed by atoms with van der Waals surface area (Å²) >= 11 is 0. The first kappa shape index (κ1) is 17.4. The summed E-state index contributed by atoms with van der Waals surface area (Å²) in [4.78, 5) is 0. The Hall–Kier alpha value is -0.584. The fourth-order valence-electron chi connectivity index (χ4n) is 1.44. The molecule has 0 amide bonds. The molecule has 0 unspecified atom stereocenters. The van der Waals surface area contributed by atoms with E-state index in [9.17, 15) is 4.39 Å². The van der Waals surface area contributed by atoms with Gasteiger partial charge in [-0.05, 0) is 18.1 Å². The monoisotopic (exact) mass is 318 g/mol. The van der Waals surface area contributed by atoms with E-state index >= 15 is 0 Å². The van der Waals surface area contributed by atoms with Crippen LogP contribution < -0.4 is 21.7 Å². The van der Waals surface area contributed by atoms with Gasteiger partial charge in [-0.1, -0.05) is 24.3 Å². The molecule has 0 aromatic heterocycles. The number of benzene rings is 2. The zero-order valence-corrected chi connectivity index (χ0v) is 13.1. The van der Waals surface area contributed by atoms with Gasteiger partial charge in [-0.15, -0.1) is 12.1 Å². The van der Waals surface area contributed by atoms with E-state index in [-0.39, 0.29) is 51.6 Å². The van der Waals surface area contributed by atoms with Crippen LogP contribution in [0.5, 0.6) is 5.75 Å². The van der Waals surface area contributed by atoms with Crippen LogP contribution >= 0.6 is 0 Å². The summed E-state index contributed by atoms with van der Waals surface area (Å²) in [5, 5.41) is 0. The van der Waals surface area contributed by atoms with Crippen molar-refractivity contribution in [2.45, 2.75) is 13.5 Å². The van der Waals surface area contributed by atoms with E-state index in [0.29, 0.717) is 6.61 Å². The van der Waals surface area contributed by atoms with Crippen molar-refractivity contribution in [2.24, 2.45) is 0 Å². The van der Waals surface area contributed by atoms with E-state index in [1.165, 1.54) is 6.07 Å². The van der Waals surface area contributed by atoms with E-state index in [0.717, 1.165) is 11.1 Å². The summed E-state index contributed by atoms with van der Waals surface area (Å²) in [6.07, 6.45) is 0. The van der Waals surface area contributed by atoms with Crippen LogP contribution in [0.3, 0.4) is 0 Å². The van der Waals surface area contributed by atoms with Crippen LogP contribution in [0.1, 0.15) is 11.1 Å². The van der Waals surface area contributed by atoms with Gasteiger partial charge in [0.05, 0.1) is 0 Å². The Bertz CT molecular complexity index is 445. The minimum absolute atomic E-state index is 0. The second-order valence-electron chi connectivity index (χ2n) is 3.57. The quantitative estimate of drug-likeness (QED) is 0.578. The van der Waals surface area contributed by atoms with Gasteiger partial charge in [0.15, 0.2) is 0 Å². The molecular weight excluding hydrogens is 307 g/mol. The number of hydrogen-bond donors (Lipinski definition) is 0. The first-order chi connectivity index (χ1) is 7.77. The third-order valence-corrected chi connectivity index (χ3v) is 2.42. The van der Waals surface area contributed by atoms with Crippen molar-refractivity contribution >= 4 is 23.1 Å². The van der Waals surface area contributed by atoms with Crippen molar-refractivity contribution in [1.82, 2.24) is 0 Å². The Morgan fingerprint density at radius 1 is 1.22 bits per heavy atom. The first-order valence-electron chi connectivity index (χ1n) is 5.10. The molecule has 0 radical (unpaired) electrons. The SMILES string of the molecule is Cc1ccccc1COc1cc[c-]cc1F.[Br-].[Mg+2]. The van der Waals surface area contributed by atoms with Gasteiger partial charge in [-0.25, -0.2) is 0 Å². The van der Waals surface area contributed by atoms with E-state index in [4.69, 9.17) is 4.74 Å². The molecule has 0 saturated heterocycles. The maximum atomic E-state index is 13.2. The van der Waals surface area contributed by atoms with Gasteiger partial charge >= 0.3 is 23.1 Å². The van der Waals surface area contributed by atoms with Crippen molar-refractivity contribution in [3.05, 3.63) is 65.5 Å². The Balaban J connectivity index is 0.00000144. The molecule has 0 saturated carbocycles. The third kappa shape index (κ3) is 4.59. The molecule has 1 nitrogen and oxygen atoms in total. The van der Waals surface area contributed by atoms with Gasteiger partial charge < -0.3 is 21.7 Å². The van der Waals surface area contributed by atoms with Crippen molar-refractivity contribution in [1.29, 1.82) is 0 Å². The Labute approximate surface area is 133 Å². The van der Waals surface area contributed by atoms with Gasteiger partial charge in [-0.2, -0.15) is 12.1 Å². The molecule has 4 heteroatoms. The number of ether oxygens (including phenoxy) is 1. The zero-order valence-electron chi connectivity index (χ0n) is 10.1. The maximum Gasteiger partial charge on any atom is 2.00 e. The molecular formula is C14H12BrFMgO. The minimum atomic E-state index is -0.379. The normalized spacial score (nSPS) is 9.00. The number of aryl methyl sites for hydroxylation is 1. The van der Waals surface area contributed by atoms with Gasteiger partial charge in [-0.3, -0.25) is 4.39 Å². The van der Waals surface area contributed by atoms with Gasteiger partial charge in [0.2, 0.25) is 0 Å². The minimum Gasteiger partial charge on any atom is -1.00 e. The molecule has 0 aliphatic carbocycles. The van der Waals surface area contributed by atoms with Gasteiger partial charge in [0.25, 0.3) is 0 Å². The molecule has 2 rings (SSSR count). The Kier molecular flexibility index (Phi) is 8.23. The molecule has 0 aliphatic rings. The summed E-state index contributed by atoms with van der Waals surface area (Å²) in [6, 6.07) is 15.0. The molecule has 2 aromatic carbocycles. The molecule has 0 heterocycles. The topological polar surface area (TPSA) is 9.23 Å². The molecule has 0 atom stereocenters. The average molecular weight is 319 g/mol. The van der Waals surface area contributed by atoms with E-state index in [1.54, 1.807) is 12.1 Å². The van der Waals surface area contributed by atoms with Crippen molar-refractivity contribution < 1.29 is 26.1 Å². The molecule has 2 aromatic rings. The van der Waals surface area contributed by atoms with E-state index < -0.39 is 0 Å². The fourth-order valence-corrected chi connectivity index (χ4v) is 1.44. The van der Waals surface area contributed by atoms with Crippen LogP contribution in [0.15, 0.2) is 42.5 Å². The summed E-state index contributed by atoms with van der Waals surface area (Å²) in [6.45, 7) is 2.39. The Morgan fingerprint density at radius 3 is 2.61 bits per heavy atom. The molecule has 0 aliphatic heterocycles. The van der Waals surface area contributed by atoms with Crippen LogP contribution in [-0.4, -0.2) is 23.1 Å².